The lowest BCUT2D eigenvalue weighted by Gasteiger charge is -2.06. The first-order valence-electron chi connectivity index (χ1n) is 9.71. The summed E-state index contributed by atoms with van der Waals surface area (Å²) in [5.74, 6) is -0.709. The van der Waals surface area contributed by atoms with Gasteiger partial charge in [-0.15, -0.1) is 0 Å². The minimum Gasteiger partial charge on any atom is -0.322 e. The Hall–Kier alpha value is -4.79. The lowest BCUT2D eigenvalue weighted by atomic mass is 10.1. The van der Waals surface area contributed by atoms with Gasteiger partial charge in [-0.05, 0) is 36.4 Å². The van der Waals surface area contributed by atoms with E-state index in [2.05, 4.69) is 30.1 Å². The third kappa shape index (κ3) is 3.82. The number of nitrogens with one attached hydrogen (secondary N) is 2. The number of nitrogens with zero attached hydrogens (tertiary/aromatic N) is 4. The zero-order valence-electron chi connectivity index (χ0n) is 16.6. The third-order valence-corrected chi connectivity index (χ3v) is 4.75. The van der Waals surface area contributed by atoms with E-state index in [9.17, 15) is 9.59 Å². The van der Waals surface area contributed by atoms with Gasteiger partial charge in [0, 0.05) is 35.4 Å². The third-order valence-electron chi connectivity index (χ3n) is 4.75. The largest absolute Gasteiger partial charge is 0.439 e. The highest BCUT2D eigenvalue weighted by molar-refractivity contribution is 6.08. The zero-order valence-corrected chi connectivity index (χ0v) is 16.6. The summed E-state index contributed by atoms with van der Waals surface area (Å²) in [6.45, 7) is 0. The first-order chi connectivity index (χ1) is 15.7. The van der Waals surface area contributed by atoms with Gasteiger partial charge in [-0.25, -0.2) is 9.48 Å². The summed E-state index contributed by atoms with van der Waals surface area (Å²) < 4.78 is 6.21. The van der Waals surface area contributed by atoms with E-state index < -0.39 is 5.76 Å². The zero-order chi connectivity index (χ0) is 21.9. The highest BCUT2D eigenvalue weighted by Crippen LogP contribution is 2.25. The second-order valence-electron chi connectivity index (χ2n) is 6.89. The fourth-order valence-electron chi connectivity index (χ4n) is 3.27. The summed E-state index contributed by atoms with van der Waals surface area (Å²) in [6.07, 6.45) is 5.01. The maximum Gasteiger partial charge on any atom is 0.439 e. The van der Waals surface area contributed by atoms with Crippen LogP contribution < -0.4 is 11.1 Å². The maximum atomic E-state index is 13.2. The molecule has 0 saturated carbocycles. The molecule has 3 aromatic heterocycles. The first-order valence-corrected chi connectivity index (χ1v) is 9.71. The molecule has 5 rings (SSSR count). The number of anilines is 1. The number of carbonyl (C=O) groups excluding carboxylic acids is 1. The van der Waals surface area contributed by atoms with Crippen LogP contribution in [0.5, 0.6) is 0 Å². The molecule has 2 N–H and O–H groups in total. The average Bonchev–Trinajstić information content (AvgIpc) is 3.47. The molecular formula is C23H16N6O3. The normalized spacial score (nSPS) is 10.8. The molecule has 0 bridgehead atoms. The van der Waals surface area contributed by atoms with Gasteiger partial charge < -0.3 is 5.32 Å². The van der Waals surface area contributed by atoms with Crippen molar-refractivity contribution in [2.75, 3.05) is 5.32 Å². The molecule has 9 nitrogen and oxygen atoms in total. The van der Waals surface area contributed by atoms with Crippen molar-refractivity contribution in [3.8, 4) is 28.3 Å². The van der Waals surface area contributed by atoms with Crippen LogP contribution in [0, 0.1) is 0 Å². The second-order valence-corrected chi connectivity index (χ2v) is 6.89. The first kappa shape index (κ1) is 19.2. The number of H-pyrrole nitrogens is 1. The monoisotopic (exact) mass is 424 g/mol. The molecule has 0 radical (unpaired) electrons. The standard InChI is InChI=1S/C23H16N6O3/c30-22(25-17-8-4-6-15(12-17)21-26-23(31)32-28-21)19-14-29(18-9-2-1-3-10-18)27-20(19)16-7-5-11-24-13-16/h1-14H,(H,25,30)(H,26,28,31). The van der Waals surface area contributed by atoms with Gasteiger partial charge in [0.05, 0.1) is 11.3 Å². The number of para-hydroxylation sites is 1. The number of aromatic amines is 1. The van der Waals surface area contributed by atoms with E-state index >= 15 is 0 Å². The van der Waals surface area contributed by atoms with Crippen molar-refractivity contribution in [1.29, 1.82) is 0 Å². The Morgan fingerprint density at radius 3 is 2.59 bits per heavy atom. The highest BCUT2D eigenvalue weighted by Gasteiger charge is 2.19. The number of hydrogen-bond donors (Lipinski definition) is 2. The Bertz CT molecular complexity index is 1440. The predicted octanol–water partition coefficient (Wildman–Crippen LogP) is 3.53. The molecule has 32 heavy (non-hydrogen) atoms. The molecule has 0 unspecified atom stereocenters. The summed E-state index contributed by atoms with van der Waals surface area (Å²) >= 11 is 0. The van der Waals surface area contributed by atoms with E-state index in [0.29, 0.717) is 22.5 Å². The fraction of sp³-hybridized carbons (Fsp3) is 0. The van der Waals surface area contributed by atoms with Crippen LogP contribution in [0.2, 0.25) is 0 Å². The van der Waals surface area contributed by atoms with Gasteiger partial charge in [0.2, 0.25) is 0 Å². The lowest BCUT2D eigenvalue weighted by Crippen LogP contribution is -2.12. The van der Waals surface area contributed by atoms with Gasteiger partial charge in [0.15, 0.2) is 5.82 Å². The van der Waals surface area contributed by atoms with E-state index in [0.717, 1.165) is 11.3 Å². The maximum absolute atomic E-state index is 13.2. The minimum atomic E-state index is -0.649. The van der Waals surface area contributed by atoms with Gasteiger partial charge in [-0.1, -0.05) is 35.5 Å². The Morgan fingerprint density at radius 1 is 1.00 bits per heavy atom. The molecule has 0 aliphatic heterocycles. The molecule has 156 valence electrons. The number of rotatable bonds is 5. The van der Waals surface area contributed by atoms with Crippen molar-refractivity contribution in [2.24, 2.45) is 0 Å². The number of benzene rings is 2. The van der Waals surface area contributed by atoms with Crippen molar-refractivity contribution in [2.45, 2.75) is 0 Å². The molecule has 0 fully saturated rings. The van der Waals surface area contributed by atoms with E-state index in [1.165, 1.54) is 0 Å². The van der Waals surface area contributed by atoms with Crippen LogP contribution in [-0.4, -0.2) is 30.8 Å². The van der Waals surface area contributed by atoms with E-state index in [4.69, 9.17) is 0 Å². The lowest BCUT2D eigenvalue weighted by molar-refractivity contribution is 0.102. The van der Waals surface area contributed by atoms with Crippen molar-refractivity contribution in [3.63, 3.8) is 0 Å². The summed E-state index contributed by atoms with van der Waals surface area (Å²) in [4.78, 5) is 31.1. The molecule has 0 spiro atoms. The SMILES string of the molecule is O=C(Nc1cccc(-c2noc(=O)[nH]2)c1)c1cn(-c2ccccc2)nc1-c1cccnc1. The van der Waals surface area contributed by atoms with Crippen LogP contribution in [0.1, 0.15) is 10.4 Å². The predicted molar refractivity (Wildman–Crippen MR) is 117 cm³/mol. The van der Waals surface area contributed by atoms with Crippen LogP contribution in [-0.2, 0) is 0 Å². The van der Waals surface area contributed by atoms with Gasteiger partial charge in [-0.3, -0.25) is 19.3 Å². The van der Waals surface area contributed by atoms with Gasteiger partial charge >= 0.3 is 5.76 Å². The summed E-state index contributed by atoms with van der Waals surface area (Å²) in [6, 6.07) is 20.1. The molecule has 0 aliphatic rings. The summed E-state index contributed by atoms with van der Waals surface area (Å²) in [7, 11) is 0. The quantitative estimate of drug-likeness (QED) is 0.446. The molecule has 0 aliphatic carbocycles. The van der Waals surface area contributed by atoms with Crippen LogP contribution in [0.25, 0.3) is 28.3 Å². The van der Waals surface area contributed by atoms with Crippen LogP contribution in [0.3, 0.4) is 0 Å². The van der Waals surface area contributed by atoms with Crippen molar-refractivity contribution in [3.05, 3.63) is 101 Å². The molecule has 1 amide bonds. The van der Waals surface area contributed by atoms with Crippen molar-refractivity contribution in [1.82, 2.24) is 24.9 Å². The van der Waals surface area contributed by atoms with E-state index in [-0.39, 0.29) is 11.7 Å². The van der Waals surface area contributed by atoms with Crippen molar-refractivity contribution >= 4 is 11.6 Å². The Morgan fingerprint density at radius 2 is 1.84 bits per heavy atom. The molecule has 0 saturated heterocycles. The van der Waals surface area contributed by atoms with Gasteiger partial charge in [0.25, 0.3) is 5.91 Å². The van der Waals surface area contributed by atoms with E-state index in [1.54, 1.807) is 53.6 Å². The topological polar surface area (TPSA) is 119 Å². The Kier molecular flexibility index (Phi) is 4.89. The molecule has 3 heterocycles. The molecule has 9 heteroatoms. The number of pyridine rings is 1. The second kappa shape index (κ2) is 8.15. The Labute approximate surface area is 181 Å². The van der Waals surface area contributed by atoms with Crippen molar-refractivity contribution < 1.29 is 9.32 Å². The molecule has 2 aromatic carbocycles. The Balaban J connectivity index is 1.51. The fourth-order valence-corrected chi connectivity index (χ4v) is 3.27. The highest BCUT2D eigenvalue weighted by atomic mass is 16.5. The smallest absolute Gasteiger partial charge is 0.322 e. The molecule has 5 aromatic rings. The summed E-state index contributed by atoms with van der Waals surface area (Å²) in [5.41, 5.74) is 3.58. The van der Waals surface area contributed by atoms with Crippen LogP contribution in [0.15, 0.2) is 94.6 Å². The van der Waals surface area contributed by atoms with E-state index in [1.807, 2.05) is 36.4 Å². The van der Waals surface area contributed by atoms with Gasteiger partial charge in [0.1, 0.15) is 5.69 Å². The molecular weight excluding hydrogens is 408 g/mol. The number of aromatic nitrogens is 5. The summed E-state index contributed by atoms with van der Waals surface area (Å²) in [5, 5.41) is 11.2. The molecule has 0 atom stereocenters. The number of amides is 1. The average molecular weight is 424 g/mol. The minimum absolute atomic E-state index is 0.277. The van der Waals surface area contributed by atoms with Crippen LogP contribution in [0.4, 0.5) is 5.69 Å². The number of hydrogen-bond acceptors (Lipinski definition) is 6. The van der Waals surface area contributed by atoms with Crippen LogP contribution >= 0.6 is 0 Å². The number of carbonyl (C=O) groups is 1. The van der Waals surface area contributed by atoms with Gasteiger partial charge in [-0.2, -0.15) is 5.10 Å².